The second kappa shape index (κ2) is 9.24. The Morgan fingerprint density at radius 3 is 2.21 bits per heavy atom. The van der Waals surface area contributed by atoms with E-state index in [0.29, 0.717) is 0 Å². The minimum Gasteiger partial charge on any atom is -0.369 e. The van der Waals surface area contributed by atoms with Crippen LogP contribution in [0.4, 0.5) is 11.4 Å². The number of rotatable bonds is 5. The van der Waals surface area contributed by atoms with Crippen LogP contribution in [-0.2, 0) is 11.3 Å². The zero-order chi connectivity index (χ0) is 19.2. The summed E-state index contributed by atoms with van der Waals surface area (Å²) in [4.78, 5) is 17.4. The van der Waals surface area contributed by atoms with Crippen molar-refractivity contribution in [2.75, 3.05) is 36.4 Å². The molecule has 2 aromatic carbocycles. The van der Waals surface area contributed by atoms with Crippen LogP contribution in [0.15, 0.2) is 54.6 Å². The van der Waals surface area contributed by atoms with Gasteiger partial charge in [-0.15, -0.1) is 0 Å². The van der Waals surface area contributed by atoms with Crippen molar-refractivity contribution in [3.63, 3.8) is 0 Å². The molecule has 1 heterocycles. The van der Waals surface area contributed by atoms with Gasteiger partial charge in [0, 0.05) is 50.0 Å². The number of hydrogen-bond acceptors (Lipinski definition) is 3. The zero-order valence-electron chi connectivity index (χ0n) is 16.6. The van der Waals surface area contributed by atoms with Gasteiger partial charge < -0.3 is 10.2 Å². The van der Waals surface area contributed by atoms with Gasteiger partial charge in [-0.05, 0) is 42.7 Å². The highest BCUT2D eigenvalue weighted by Gasteiger charge is 2.21. The average Bonchev–Trinajstić information content (AvgIpc) is 2.76. The van der Waals surface area contributed by atoms with Gasteiger partial charge in [-0.1, -0.05) is 49.6 Å². The molecule has 28 heavy (non-hydrogen) atoms. The summed E-state index contributed by atoms with van der Waals surface area (Å²) in [5.74, 6) is 0.396. The Bertz CT molecular complexity index is 745. The SMILES string of the molecule is O=C(Nc1ccc(N2CCN(Cc3ccccc3)CC2)cc1)C1CCCCC1. The Kier molecular flexibility index (Phi) is 6.27. The Balaban J connectivity index is 1.27. The molecule has 1 saturated heterocycles. The first kappa shape index (κ1) is 19.0. The van der Waals surface area contributed by atoms with Gasteiger partial charge in [0.15, 0.2) is 0 Å². The normalized spacial score (nSPS) is 18.8. The third kappa shape index (κ3) is 4.93. The third-order valence-electron chi connectivity index (χ3n) is 6.10. The number of hydrogen-bond donors (Lipinski definition) is 1. The van der Waals surface area contributed by atoms with Gasteiger partial charge in [-0.25, -0.2) is 0 Å². The van der Waals surface area contributed by atoms with Crippen LogP contribution in [0.2, 0.25) is 0 Å². The Hall–Kier alpha value is -2.33. The minimum atomic E-state index is 0.196. The van der Waals surface area contributed by atoms with Crippen LogP contribution in [0.1, 0.15) is 37.7 Å². The summed E-state index contributed by atoms with van der Waals surface area (Å²) in [5.41, 5.74) is 3.55. The number of carbonyl (C=O) groups excluding carboxylic acids is 1. The van der Waals surface area contributed by atoms with Crippen LogP contribution in [0.5, 0.6) is 0 Å². The molecule has 0 unspecified atom stereocenters. The molecule has 4 rings (SSSR count). The summed E-state index contributed by atoms with van der Waals surface area (Å²) in [6.07, 6.45) is 5.73. The van der Waals surface area contributed by atoms with Crippen molar-refractivity contribution in [3.05, 3.63) is 60.2 Å². The Morgan fingerprint density at radius 2 is 1.54 bits per heavy atom. The number of carbonyl (C=O) groups is 1. The highest BCUT2D eigenvalue weighted by molar-refractivity contribution is 5.92. The van der Waals surface area contributed by atoms with Gasteiger partial charge >= 0.3 is 0 Å². The quantitative estimate of drug-likeness (QED) is 0.832. The van der Waals surface area contributed by atoms with Crippen molar-refractivity contribution in [1.29, 1.82) is 0 Å². The topological polar surface area (TPSA) is 35.6 Å². The van der Waals surface area contributed by atoms with E-state index in [2.05, 4.69) is 57.6 Å². The maximum absolute atomic E-state index is 12.4. The Labute approximate surface area is 168 Å². The molecule has 0 aromatic heterocycles. The summed E-state index contributed by atoms with van der Waals surface area (Å²) >= 11 is 0. The summed E-state index contributed by atoms with van der Waals surface area (Å²) in [7, 11) is 0. The monoisotopic (exact) mass is 377 g/mol. The molecule has 2 aliphatic rings. The molecule has 0 atom stereocenters. The molecule has 4 nitrogen and oxygen atoms in total. The second-order valence-electron chi connectivity index (χ2n) is 8.12. The molecule has 4 heteroatoms. The van der Waals surface area contributed by atoms with Crippen molar-refractivity contribution in [3.8, 4) is 0 Å². The van der Waals surface area contributed by atoms with Gasteiger partial charge in [0.2, 0.25) is 5.91 Å². The van der Waals surface area contributed by atoms with E-state index in [1.807, 2.05) is 12.1 Å². The van der Waals surface area contributed by atoms with Crippen molar-refractivity contribution in [2.45, 2.75) is 38.6 Å². The largest absolute Gasteiger partial charge is 0.369 e. The molecular formula is C24H31N3O. The van der Waals surface area contributed by atoms with Gasteiger partial charge in [-0.3, -0.25) is 9.69 Å². The van der Waals surface area contributed by atoms with Crippen LogP contribution in [-0.4, -0.2) is 37.0 Å². The molecule has 0 spiro atoms. The summed E-state index contributed by atoms with van der Waals surface area (Å²) in [6, 6.07) is 19.1. The number of nitrogens with zero attached hydrogens (tertiary/aromatic N) is 2. The first-order valence-electron chi connectivity index (χ1n) is 10.7. The van der Waals surface area contributed by atoms with Crippen LogP contribution >= 0.6 is 0 Å². The molecule has 1 aliphatic carbocycles. The number of anilines is 2. The van der Waals surface area contributed by atoms with Crippen LogP contribution in [0.3, 0.4) is 0 Å². The van der Waals surface area contributed by atoms with E-state index in [4.69, 9.17) is 0 Å². The lowest BCUT2D eigenvalue weighted by Crippen LogP contribution is -2.45. The molecule has 1 amide bonds. The van der Waals surface area contributed by atoms with Crippen molar-refractivity contribution >= 4 is 17.3 Å². The molecule has 2 aromatic rings. The molecule has 1 aliphatic heterocycles. The maximum Gasteiger partial charge on any atom is 0.227 e. The first-order valence-corrected chi connectivity index (χ1v) is 10.7. The van der Waals surface area contributed by atoms with E-state index in [1.165, 1.54) is 30.5 Å². The van der Waals surface area contributed by atoms with Crippen molar-refractivity contribution in [2.24, 2.45) is 5.92 Å². The van der Waals surface area contributed by atoms with E-state index in [0.717, 1.165) is 51.3 Å². The highest BCUT2D eigenvalue weighted by atomic mass is 16.1. The minimum absolute atomic E-state index is 0.196. The summed E-state index contributed by atoms with van der Waals surface area (Å²) in [6.45, 7) is 5.27. The van der Waals surface area contributed by atoms with Crippen LogP contribution in [0.25, 0.3) is 0 Å². The van der Waals surface area contributed by atoms with Gasteiger partial charge in [0.05, 0.1) is 0 Å². The smallest absolute Gasteiger partial charge is 0.227 e. The number of amides is 1. The average molecular weight is 378 g/mol. The summed E-state index contributed by atoms with van der Waals surface area (Å²) < 4.78 is 0. The second-order valence-corrected chi connectivity index (χ2v) is 8.12. The lowest BCUT2D eigenvalue weighted by atomic mass is 9.88. The first-order chi connectivity index (χ1) is 13.8. The molecule has 1 saturated carbocycles. The fraction of sp³-hybridized carbons (Fsp3) is 0.458. The van der Waals surface area contributed by atoms with Crippen LogP contribution < -0.4 is 10.2 Å². The van der Waals surface area contributed by atoms with Gasteiger partial charge in [0.25, 0.3) is 0 Å². The maximum atomic E-state index is 12.4. The molecule has 0 radical (unpaired) electrons. The predicted molar refractivity (Wildman–Crippen MR) is 116 cm³/mol. The van der Waals surface area contributed by atoms with Gasteiger partial charge in [0.1, 0.15) is 0 Å². The number of benzene rings is 2. The van der Waals surface area contributed by atoms with E-state index in [9.17, 15) is 4.79 Å². The Morgan fingerprint density at radius 1 is 0.857 bits per heavy atom. The molecule has 148 valence electrons. The number of nitrogens with one attached hydrogen (secondary N) is 1. The molecule has 1 N–H and O–H groups in total. The van der Waals surface area contributed by atoms with Crippen molar-refractivity contribution in [1.82, 2.24) is 4.90 Å². The third-order valence-corrected chi connectivity index (χ3v) is 6.10. The zero-order valence-corrected chi connectivity index (χ0v) is 16.6. The highest BCUT2D eigenvalue weighted by Crippen LogP contribution is 2.26. The van der Waals surface area contributed by atoms with Crippen molar-refractivity contribution < 1.29 is 4.79 Å². The van der Waals surface area contributed by atoms with E-state index < -0.39 is 0 Å². The fourth-order valence-corrected chi connectivity index (χ4v) is 4.37. The standard InChI is InChI=1S/C24H31N3O/c28-24(21-9-5-2-6-10-21)25-22-11-13-23(14-12-22)27-17-15-26(16-18-27)19-20-7-3-1-4-8-20/h1,3-4,7-8,11-14,21H,2,5-6,9-10,15-19H2,(H,25,28). The lowest BCUT2D eigenvalue weighted by Gasteiger charge is -2.36. The van der Waals surface area contributed by atoms with E-state index >= 15 is 0 Å². The molecule has 0 bridgehead atoms. The van der Waals surface area contributed by atoms with E-state index in [-0.39, 0.29) is 11.8 Å². The lowest BCUT2D eigenvalue weighted by molar-refractivity contribution is -0.120. The van der Waals surface area contributed by atoms with Gasteiger partial charge in [-0.2, -0.15) is 0 Å². The fourth-order valence-electron chi connectivity index (χ4n) is 4.37. The van der Waals surface area contributed by atoms with Crippen LogP contribution in [0, 0.1) is 5.92 Å². The predicted octanol–water partition coefficient (Wildman–Crippen LogP) is 4.53. The number of piperazine rings is 1. The molecular weight excluding hydrogens is 346 g/mol. The van der Waals surface area contributed by atoms with E-state index in [1.54, 1.807) is 0 Å². The summed E-state index contributed by atoms with van der Waals surface area (Å²) in [5, 5.41) is 3.11. The molecule has 2 fully saturated rings.